The van der Waals surface area contributed by atoms with E-state index in [1.807, 2.05) is 0 Å². The molecular formula is C6H7ClN2O2. The number of rotatable bonds is 3. The third-order valence-electron chi connectivity index (χ3n) is 0.950. The monoisotopic (exact) mass is 174 g/mol. The molecule has 0 saturated carbocycles. The molecule has 5 heteroatoms. The van der Waals surface area contributed by atoms with Crippen LogP contribution < -0.4 is 4.74 Å². The normalized spacial score (nSPS) is 9.64. The Morgan fingerprint density at radius 1 is 1.55 bits per heavy atom. The molecule has 11 heavy (non-hydrogen) atoms. The summed E-state index contributed by atoms with van der Waals surface area (Å²) in [5, 5.41) is 8.72. The fraction of sp³-hybridized carbons (Fsp3) is 0.333. The van der Waals surface area contributed by atoms with E-state index in [0.29, 0.717) is 11.0 Å². The van der Waals surface area contributed by atoms with Gasteiger partial charge >= 0.3 is 0 Å². The van der Waals surface area contributed by atoms with Gasteiger partial charge in [-0.05, 0) is 0 Å². The van der Waals surface area contributed by atoms with Gasteiger partial charge in [-0.1, -0.05) is 11.6 Å². The van der Waals surface area contributed by atoms with Gasteiger partial charge in [-0.25, -0.2) is 9.97 Å². The molecule has 0 aliphatic carbocycles. The quantitative estimate of drug-likeness (QED) is 0.679. The van der Waals surface area contributed by atoms with E-state index in [1.165, 1.54) is 12.4 Å². The number of hydrogen-bond donors (Lipinski definition) is 1. The van der Waals surface area contributed by atoms with Crippen molar-refractivity contribution in [3.63, 3.8) is 0 Å². The van der Waals surface area contributed by atoms with Crippen LogP contribution in [0.1, 0.15) is 0 Å². The summed E-state index contributed by atoms with van der Waals surface area (Å²) >= 11 is 5.53. The summed E-state index contributed by atoms with van der Waals surface area (Å²) < 4.78 is 4.95. The van der Waals surface area contributed by atoms with E-state index in [2.05, 4.69) is 9.97 Å². The Morgan fingerprint density at radius 3 is 3.00 bits per heavy atom. The number of nitrogens with zero attached hydrogens (tertiary/aromatic N) is 2. The molecule has 0 fully saturated rings. The van der Waals surface area contributed by atoms with Crippen molar-refractivity contribution in [1.29, 1.82) is 0 Å². The van der Waals surface area contributed by atoms with E-state index in [1.54, 1.807) is 0 Å². The average Bonchev–Trinajstić information content (AvgIpc) is 2.01. The molecule has 1 aromatic heterocycles. The maximum absolute atomic E-state index is 8.40. The number of halogens is 1. The zero-order chi connectivity index (χ0) is 8.10. The van der Waals surface area contributed by atoms with Crippen LogP contribution in [0.25, 0.3) is 0 Å². The average molecular weight is 175 g/mol. The van der Waals surface area contributed by atoms with Crippen molar-refractivity contribution in [2.24, 2.45) is 0 Å². The number of aromatic nitrogens is 2. The van der Waals surface area contributed by atoms with Gasteiger partial charge < -0.3 is 9.84 Å². The lowest BCUT2D eigenvalue weighted by atomic mass is 10.6. The Hall–Kier alpha value is -0.870. The van der Waals surface area contributed by atoms with Crippen molar-refractivity contribution >= 4 is 11.6 Å². The van der Waals surface area contributed by atoms with Crippen LogP contribution in [0.15, 0.2) is 12.4 Å². The van der Waals surface area contributed by atoms with Crippen molar-refractivity contribution in [3.05, 3.63) is 17.5 Å². The van der Waals surface area contributed by atoms with Crippen LogP contribution in [0.5, 0.6) is 5.88 Å². The molecule has 0 unspecified atom stereocenters. The molecule has 0 amide bonds. The summed E-state index contributed by atoms with van der Waals surface area (Å²) in [5.74, 6) is 0.374. The molecule has 4 nitrogen and oxygen atoms in total. The molecule has 0 aliphatic rings. The van der Waals surface area contributed by atoms with E-state index < -0.39 is 0 Å². The fourth-order valence-electron chi connectivity index (χ4n) is 0.546. The number of ether oxygens (including phenoxy) is 1. The van der Waals surface area contributed by atoms with Crippen molar-refractivity contribution < 1.29 is 9.84 Å². The highest BCUT2D eigenvalue weighted by Crippen LogP contribution is 2.09. The molecule has 1 rings (SSSR count). The van der Waals surface area contributed by atoms with Crippen LogP contribution in [-0.4, -0.2) is 28.3 Å². The zero-order valence-corrected chi connectivity index (χ0v) is 6.45. The third kappa shape index (κ3) is 2.69. The molecule has 0 spiro atoms. The molecule has 1 heterocycles. The van der Waals surface area contributed by atoms with E-state index in [4.69, 9.17) is 21.4 Å². The number of aliphatic hydroxyl groups is 1. The lowest BCUT2D eigenvalue weighted by Crippen LogP contribution is -2.02. The maximum atomic E-state index is 8.40. The summed E-state index contributed by atoms with van der Waals surface area (Å²) in [6.07, 6.45) is 1.30. The Morgan fingerprint density at radius 2 is 2.36 bits per heavy atom. The third-order valence-corrected chi connectivity index (χ3v) is 1.16. The Balaban J connectivity index is 2.56. The lowest BCUT2D eigenvalue weighted by Gasteiger charge is -2.00. The topological polar surface area (TPSA) is 55.2 Å². The van der Waals surface area contributed by atoms with E-state index in [9.17, 15) is 0 Å². The van der Waals surface area contributed by atoms with Gasteiger partial charge in [-0.2, -0.15) is 0 Å². The number of hydrogen-bond acceptors (Lipinski definition) is 4. The lowest BCUT2D eigenvalue weighted by molar-refractivity contribution is 0.196. The maximum Gasteiger partial charge on any atom is 0.217 e. The predicted octanol–water partition coefficient (Wildman–Crippen LogP) is 0.501. The van der Waals surface area contributed by atoms with Crippen molar-refractivity contribution in [1.82, 2.24) is 9.97 Å². The molecular weight excluding hydrogens is 168 g/mol. The van der Waals surface area contributed by atoms with Gasteiger partial charge in [0.1, 0.15) is 18.1 Å². The molecule has 0 radical (unpaired) electrons. The molecule has 0 aromatic carbocycles. The van der Waals surface area contributed by atoms with Crippen molar-refractivity contribution in [2.45, 2.75) is 0 Å². The second kappa shape index (κ2) is 4.10. The molecule has 0 saturated heterocycles. The van der Waals surface area contributed by atoms with Crippen LogP contribution in [0.2, 0.25) is 5.15 Å². The highest BCUT2D eigenvalue weighted by Gasteiger charge is 1.95. The van der Waals surface area contributed by atoms with Crippen LogP contribution in [0, 0.1) is 0 Å². The van der Waals surface area contributed by atoms with Crippen LogP contribution in [0.4, 0.5) is 0 Å². The molecule has 0 aliphatic heterocycles. The second-order valence-corrected chi connectivity index (χ2v) is 2.14. The van der Waals surface area contributed by atoms with Gasteiger partial charge in [0.25, 0.3) is 0 Å². The van der Waals surface area contributed by atoms with Gasteiger partial charge in [0.2, 0.25) is 5.88 Å². The van der Waals surface area contributed by atoms with Crippen LogP contribution >= 0.6 is 11.6 Å². The summed E-state index contributed by atoms with van der Waals surface area (Å²) in [7, 11) is 0. The Kier molecular flexibility index (Phi) is 3.07. The smallest absolute Gasteiger partial charge is 0.217 e. The largest absolute Gasteiger partial charge is 0.475 e. The SMILES string of the molecule is OCCOc1cc(Cl)ncn1. The van der Waals surface area contributed by atoms with Gasteiger partial charge in [-0.15, -0.1) is 0 Å². The van der Waals surface area contributed by atoms with Crippen LogP contribution in [0.3, 0.4) is 0 Å². The summed E-state index contributed by atoms with van der Waals surface area (Å²) in [6.45, 7) is 0.176. The summed E-state index contributed by atoms with van der Waals surface area (Å²) in [6, 6.07) is 1.48. The first-order valence-corrected chi connectivity index (χ1v) is 3.42. The first-order chi connectivity index (χ1) is 5.33. The fourth-order valence-corrected chi connectivity index (χ4v) is 0.683. The first kappa shape index (κ1) is 8.23. The molecule has 1 aromatic rings. The van der Waals surface area contributed by atoms with E-state index in [0.717, 1.165) is 0 Å². The van der Waals surface area contributed by atoms with Gasteiger partial charge in [-0.3, -0.25) is 0 Å². The van der Waals surface area contributed by atoms with Crippen molar-refractivity contribution in [3.8, 4) is 5.88 Å². The highest BCUT2D eigenvalue weighted by atomic mass is 35.5. The number of aliphatic hydroxyl groups excluding tert-OH is 1. The highest BCUT2D eigenvalue weighted by molar-refractivity contribution is 6.29. The van der Waals surface area contributed by atoms with Crippen molar-refractivity contribution in [2.75, 3.05) is 13.2 Å². The van der Waals surface area contributed by atoms with E-state index in [-0.39, 0.29) is 13.2 Å². The molecule has 1 N–H and O–H groups in total. The minimum Gasteiger partial charge on any atom is -0.475 e. The molecule has 60 valence electrons. The predicted molar refractivity (Wildman–Crippen MR) is 39.6 cm³/mol. The van der Waals surface area contributed by atoms with Gasteiger partial charge in [0.15, 0.2) is 0 Å². The van der Waals surface area contributed by atoms with Gasteiger partial charge in [0.05, 0.1) is 6.61 Å². The minimum atomic E-state index is -0.0401. The molecule has 0 atom stereocenters. The zero-order valence-electron chi connectivity index (χ0n) is 5.70. The van der Waals surface area contributed by atoms with Gasteiger partial charge in [0, 0.05) is 6.07 Å². The van der Waals surface area contributed by atoms with Crippen LogP contribution in [-0.2, 0) is 0 Å². The minimum absolute atomic E-state index is 0.0401. The molecule has 0 bridgehead atoms. The first-order valence-electron chi connectivity index (χ1n) is 3.04. The Bertz CT molecular complexity index is 232. The van der Waals surface area contributed by atoms with E-state index >= 15 is 0 Å². The summed E-state index contributed by atoms with van der Waals surface area (Å²) in [4.78, 5) is 7.41. The Labute approximate surface area is 68.8 Å². The summed E-state index contributed by atoms with van der Waals surface area (Å²) in [5.41, 5.74) is 0. The standard InChI is InChI=1S/C6H7ClN2O2/c7-5-3-6(9-4-8-5)11-2-1-10/h3-4,10H,1-2H2. The second-order valence-electron chi connectivity index (χ2n) is 1.75.